The third-order valence-electron chi connectivity index (χ3n) is 4.77. The summed E-state index contributed by atoms with van der Waals surface area (Å²) in [7, 11) is 2.17. The first-order chi connectivity index (χ1) is 10.1. The number of hydrogen-bond acceptors (Lipinski definition) is 4. The third-order valence-corrected chi connectivity index (χ3v) is 5.82. The molecule has 1 N–H and O–H groups in total. The van der Waals surface area contributed by atoms with Crippen LogP contribution >= 0.6 is 11.3 Å². The number of rotatable bonds is 4. The number of carbonyl (C=O) groups excluding carboxylic acids is 1. The number of aryl methyl sites for hydroxylation is 1. The molecule has 2 aliphatic heterocycles. The van der Waals surface area contributed by atoms with Gasteiger partial charge in [-0.15, -0.1) is 11.3 Å². The average molecular weight is 307 g/mol. The highest BCUT2D eigenvalue weighted by atomic mass is 32.1. The van der Waals surface area contributed by atoms with E-state index in [1.807, 2.05) is 0 Å². The molecule has 0 aromatic carbocycles. The minimum atomic E-state index is -0.0240. The molecular weight excluding hydrogens is 282 g/mol. The zero-order valence-electron chi connectivity index (χ0n) is 13.1. The van der Waals surface area contributed by atoms with Crippen LogP contribution in [0.3, 0.4) is 0 Å². The number of thiophene rings is 1. The van der Waals surface area contributed by atoms with E-state index in [2.05, 4.69) is 48.1 Å². The van der Waals surface area contributed by atoms with E-state index in [1.165, 1.54) is 22.6 Å². The number of likely N-dealkylation sites (tertiary alicyclic amines) is 1. The fourth-order valence-corrected chi connectivity index (χ4v) is 4.39. The molecule has 1 aromatic rings. The minimum absolute atomic E-state index is 0.0240. The highest BCUT2D eigenvalue weighted by Gasteiger charge is 2.41. The van der Waals surface area contributed by atoms with Gasteiger partial charge < -0.3 is 9.80 Å². The van der Waals surface area contributed by atoms with Crippen LogP contribution in [0.2, 0.25) is 0 Å². The lowest BCUT2D eigenvalue weighted by Crippen LogP contribution is -2.41. The van der Waals surface area contributed by atoms with Gasteiger partial charge >= 0.3 is 0 Å². The molecule has 4 nitrogen and oxygen atoms in total. The van der Waals surface area contributed by atoms with E-state index >= 15 is 0 Å². The first-order valence-electron chi connectivity index (χ1n) is 7.93. The fourth-order valence-electron chi connectivity index (χ4n) is 3.44. The van der Waals surface area contributed by atoms with Gasteiger partial charge in [-0.3, -0.25) is 10.1 Å². The summed E-state index contributed by atoms with van der Waals surface area (Å²) in [6.45, 7) is 6.20. The second-order valence-electron chi connectivity index (χ2n) is 6.25. The maximum absolute atomic E-state index is 12.7. The van der Waals surface area contributed by atoms with Crippen LogP contribution in [0.25, 0.3) is 0 Å². The summed E-state index contributed by atoms with van der Waals surface area (Å²) in [5, 5.41) is 3.53. The van der Waals surface area contributed by atoms with E-state index in [0.29, 0.717) is 6.04 Å². The molecule has 0 saturated carbocycles. The number of hydrogen-bond donors (Lipinski definition) is 1. The van der Waals surface area contributed by atoms with Crippen molar-refractivity contribution in [1.82, 2.24) is 15.1 Å². The number of nitrogens with zero attached hydrogens (tertiary/aromatic N) is 2. The molecule has 116 valence electrons. The predicted molar refractivity (Wildman–Crippen MR) is 86.4 cm³/mol. The Morgan fingerprint density at radius 1 is 1.43 bits per heavy atom. The first kappa shape index (κ1) is 15.0. The maximum Gasteiger partial charge on any atom is 0.241 e. The highest BCUT2D eigenvalue weighted by molar-refractivity contribution is 7.12. The zero-order chi connectivity index (χ0) is 15.0. The van der Waals surface area contributed by atoms with Gasteiger partial charge in [0.1, 0.15) is 6.17 Å². The Labute approximate surface area is 131 Å². The molecule has 1 amide bonds. The van der Waals surface area contributed by atoms with Crippen LogP contribution in [0.15, 0.2) is 12.1 Å². The van der Waals surface area contributed by atoms with Crippen molar-refractivity contribution < 1.29 is 4.79 Å². The van der Waals surface area contributed by atoms with Gasteiger partial charge in [0.15, 0.2) is 0 Å². The Balaban J connectivity index is 1.80. The van der Waals surface area contributed by atoms with Crippen LogP contribution in [0, 0.1) is 6.92 Å². The minimum Gasteiger partial charge on any atom is -0.319 e. The Morgan fingerprint density at radius 3 is 2.81 bits per heavy atom. The van der Waals surface area contributed by atoms with Crippen LogP contribution in [-0.4, -0.2) is 47.9 Å². The standard InChI is InChI=1S/C16H25N3OS/c1-4-13-16(20)19(10-12-6-5-9-18(12)3)15(17-13)14-8-7-11(2)21-14/h7-8,12-13,15,17H,4-6,9-10H2,1-3H3. The largest absolute Gasteiger partial charge is 0.319 e. The third kappa shape index (κ3) is 2.87. The molecule has 3 heterocycles. The van der Waals surface area contributed by atoms with Gasteiger partial charge in [0.05, 0.1) is 6.04 Å². The molecule has 3 rings (SSSR count). The van der Waals surface area contributed by atoms with E-state index in [1.54, 1.807) is 11.3 Å². The zero-order valence-corrected chi connectivity index (χ0v) is 13.9. The summed E-state index contributed by atoms with van der Waals surface area (Å²) < 4.78 is 0. The first-order valence-corrected chi connectivity index (χ1v) is 8.75. The molecule has 5 heteroatoms. The van der Waals surface area contributed by atoms with Gasteiger partial charge in [-0.05, 0) is 51.9 Å². The number of carbonyl (C=O) groups is 1. The molecule has 0 spiro atoms. The van der Waals surface area contributed by atoms with E-state index in [4.69, 9.17) is 0 Å². The summed E-state index contributed by atoms with van der Waals surface area (Å²) in [6.07, 6.45) is 3.37. The summed E-state index contributed by atoms with van der Waals surface area (Å²) in [5.41, 5.74) is 0. The van der Waals surface area contributed by atoms with Crippen LogP contribution < -0.4 is 5.32 Å². The Bertz CT molecular complexity index is 515. The van der Waals surface area contributed by atoms with Crippen molar-refractivity contribution in [3.63, 3.8) is 0 Å². The predicted octanol–water partition coefficient (Wildman–Crippen LogP) is 2.36. The lowest BCUT2D eigenvalue weighted by atomic mass is 10.2. The number of likely N-dealkylation sites (N-methyl/N-ethyl adjacent to an activating group) is 1. The normalized spacial score (nSPS) is 30.5. The highest BCUT2D eigenvalue weighted by Crippen LogP contribution is 2.32. The quantitative estimate of drug-likeness (QED) is 0.927. The lowest BCUT2D eigenvalue weighted by molar-refractivity contribution is -0.130. The Kier molecular flexibility index (Phi) is 4.33. The molecule has 0 aliphatic carbocycles. The van der Waals surface area contributed by atoms with E-state index in [9.17, 15) is 4.79 Å². The molecule has 0 bridgehead atoms. The van der Waals surface area contributed by atoms with Gasteiger partial charge in [-0.2, -0.15) is 0 Å². The summed E-state index contributed by atoms with van der Waals surface area (Å²) >= 11 is 1.79. The van der Waals surface area contributed by atoms with Crippen molar-refractivity contribution in [3.8, 4) is 0 Å². The lowest BCUT2D eigenvalue weighted by Gasteiger charge is -2.29. The molecule has 2 aliphatic rings. The second kappa shape index (κ2) is 6.07. The monoisotopic (exact) mass is 307 g/mol. The molecule has 3 atom stereocenters. The molecular formula is C16H25N3OS. The topological polar surface area (TPSA) is 35.6 Å². The number of nitrogens with one attached hydrogen (secondary N) is 1. The maximum atomic E-state index is 12.7. The summed E-state index contributed by atoms with van der Waals surface area (Å²) in [6, 6.07) is 4.79. The summed E-state index contributed by atoms with van der Waals surface area (Å²) in [4.78, 5) is 19.7. The molecule has 2 fully saturated rings. The molecule has 1 aromatic heterocycles. The Morgan fingerprint density at radius 2 is 2.24 bits per heavy atom. The van der Waals surface area contributed by atoms with Crippen molar-refractivity contribution >= 4 is 17.2 Å². The van der Waals surface area contributed by atoms with E-state index in [0.717, 1.165) is 19.5 Å². The molecule has 0 radical (unpaired) electrons. The van der Waals surface area contributed by atoms with Gasteiger partial charge in [0.2, 0.25) is 5.91 Å². The number of amides is 1. The molecule has 2 saturated heterocycles. The average Bonchev–Trinajstić information content (AvgIpc) is 3.13. The summed E-state index contributed by atoms with van der Waals surface area (Å²) in [5.74, 6) is 0.272. The van der Waals surface area contributed by atoms with Crippen molar-refractivity contribution in [2.75, 3.05) is 20.1 Å². The second-order valence-corrected chi connectivity index (χ2v) is 7.57. The SMILES string of the molecule is CCC1NC(c2ccc(C)s2)N(CC2CCCN2C)C1=O. The van der Waals surface area contributed by atoms with Gasteiger partial charge in [-0.25, -0.2) is 0 Å². The smallest absolute Gasteiger partial charge is 0.241 e. The van der Waals surface area contributed by atoms with Crippen LogP contribution in [0.1, 0.15) is 42.1 Å². The van der Waals surface area contributed by atoms with Crippen molar-refractivity contribution in [2.45, 2.75) is 51.4 Å². The van der Waals surface area contributed by atoms with Crippen molar-refractivity contribution in [3.05, 3.63) is 21.9 Å². The van der Waals surface area contributed by atoms with Crippen LogP contribution in [0.4, 0.5) is 0 Å². The van der Waals surface area contributed by atoms with E-state index < -0.39 is 0 Å². The molecule has 21 heavy (non-hydrogen) atoms. The van der Waals surface area contributed by atoms with E-state index in [-0.39, 0.29) is 18.1 Å². The fraction of sp³-hybridized carbons (Fsp3) is 0.688. The van der Waals surface area contributed by atoms with Gasteiger partial charge in [0, 0.05) is 22.3 Å². The van der Waals surface area contributed by atoms with Gasteiger partial charge in [-0.1, -0.05) is 6.92 Å². The van der Waals surface area contributed by atoms with Crippen molar-refractivity contribution in [2.24, 2.45) is 0 Å². The molecule has 3 unspecified atom stereocenters. The van der Waals surface area contributed by atoms with Gasteiger partial charge in [0.25, 0.3) is 0 Å². The van der Waals surface area contributed by atoms with Crippen LogP contribution in [0.5, 0.6) is 0 Å². The van der Waals surface area contributed by atoms with Crippen molar-refractivity contribution in [1.29, 1.82) is 0 Å². The Hall–Kier alpha value is -0.910. The van der Waals surface area contributed by atoms with Crippen LogP contribution in [-0.2, 0) is 4.79 Å².